The monoisotopic (exact) mass is 304 g/mol. The van der Waals surface area contributed by atoms with Crippen molar-refractivity contribution in [3.63, 3.8) is 0 Å². The number of rotatable bonds is 6. The molecule has 4 nitrogen and oxygen atoms in total. The summed E-state index contributed by atoms with van der Waals surface area (Å²) in [4.78, 5) is 11.2. The Morgan fingerprint density at radius 3 is 2.81 bits per heavy atom. The number of ether oxygens (including phenoxy) is 2. The Balaban J connectivity index is 2.54. The fourth-order valence-corrected chi connectivity index (χ4v) is 2.62. The first-order valence-corrected chi connectivity index (χ1v) is 7.26. The zero-order chi connectivity index (χ0) is 15.2. The number of methoxy groups -OCH3 is 1. The molecule has 0 atom stereocenters. The second-order valence-corrected chi connectivity index (χ2v) is 5.24. The molecule has 2 aromatic rings. The number of carbonyl (C=O) groups is 1. The van der Waals surface area contributed by atoms with Crippen LogP contribution in [0.3, 0.4) is 0 Å². The number of hydrogen-bond acceptors (Lipinski definition) is 4. The van der Waals surface area contributed by atoms with Crippen molar-refractivity contribution in [1.29, 1.82) is 0 Å². The van der Waals surface area contributed by atoms with Gasteiger partial charge in [-0.2, -0.15) is 11.3 Å². The maximum absolute atomic E-state index is 11.2. The highest BCUT2D eigenvalue weighted by Gasteiger charge is 2.14. The highest BCUT2D eigenvalue weighted by Crippen LogP contribution is 2.33. The van der Waals surface area contributed by atoms with Crippen LogP contribution in [0, 0.1) is 6.92 Å². The first-order chi connectivity index (χ1) is 10.1. The predicted octanol–water partition coefficient (Wildman–Crippen LogP) is 3.56. The van der Waals surface area contributed by atoms with Crippen molar-refractivity contribution in [2.24, 2.45) is 0 Å². The van der Waals surface area contributed by atoms with E-state index in [1.807, 2.05) is 41.9 Å². The minimum Gasteiger partial charge on any atom is -0.478 e. The smallest absolute Gasteiger partial charge is 0.328 e. The van der Waals surface area contributed by atoms with E-state index in [0.717, 1.165) is 16.7 Å². The van der Waals surface area contributed by atoms with Gasteiger partial charge in [0.15, 0.2) is 6.79 Å². The molecule has 0 radical (unpaired) electrons. The molecule has 0 spiro atoms. The number of hydrogen-bond donors (Lipinski definition) is 1. The Morgan fingerprint density at radius 2 is 2.19 bits per heavy atom. The normalized spacial score (nSPS) is 11.4. The van der Waals surface area contributed by atoms with Gasteiger partial charge in [-0.15, -0.1) is 0 Å². The molecular weight excluding hydrogens is 288 g/mol. The van der Waals surface area contributed by atoms with Crippen LogP contribution in [0.1, 0.15) is 16.7 Å². The Morgan fingerprint density at radius 1 is 1.38 bits per heavy atom. The molecule has 0 aliphatic rings. The summed E-state index contributed by atoms with van der Waals surface area (Å²) in [6.07, 6.45) is 1.20. The molecular formula is C16H16O4S. The number of thiophene rings is 1. The molecule has 0 saturated carbocycles. The molecule has 0 aliphatic heterocycles. The lowest BCUT2D eigenvalue weighted by molar-refractivity contribution is -0.131. The van der Waals surface area contributed by atoms with Gasteiger partial charge in [0.25, 0.3) is 0 Å². The largest absolute Gasteiger partial charge is 0.478 e. The molecule has 0 aliphatic carbocycles. The van der Waals surface area contributed by atoms with Gasteiger partial charge in [-0.1, -0.05) is 11.6 Å². The summed E-state index contributed by atoms with van der Waals surface area (Å²) in [5.74, 6) is -0.392. The zero-order valence-corrected chi connectivity index (χ0v) is 12.6. The first-order valence-electron chi connectivity index (χ1n) is 6.31. The van der Waals surface area contributed by atoms with Crippen LogP contribution in [0.15, 0.2) is 41.1 Å². The Bertz CT molecular complexity index is 644. The van der Waals surface area contributed by atoms with Crippen LogP contribution >= 0.6 is 11.3 Å². The molecule has 0 saturated heterocycles. The number of aliphatic carboxylic acids is 1. The summed E-state index contributed by atoms with van der Waals surface area (Å²) in [6.45, 7) is 2.07. The lowest BCUT2D eigenvalue weighted by Gasteiger charge is -2.14. The Hall–Kier alpha value is -2.11. The second kappa shape index (κ2) is 7.06. The van der Waals surface area contributed by atoms with Gasteiger partial charge in [-0.05, 0) is 41.4 Å². The average molecular weight is 304 g/mol. The van der Waals surface area contributed by atoms with Crippen molar-refractivity contribution in [3.8, 4) is 5.75 Å². The molecule has 1 aromatic carbocycles. The van der Waals surface area contributed by atoms with Crippen LogP contribution in [-0.4, -0.2) is 25.0 Å². The summed E-state index contributed by atoms with van der Waals surface area (Å²) in [5, 5.41) is 13.0. The SMILES string of the molecule is COCOc1ccc(C)cc1/C(=C/C(=O)O)c1ccsc1. The van der Waals surface area contributed by atoms with Gasteiger partial charge in [0.05, 0.1) is 0 Å². The summed E-state index contributed by atoms with van der Waals surface area (Å²) < 4.78 is 10.5. The van der Waals surface area contributed by atoms with Gasteiger partial charge in [0, 0.05) is 24.3 Å². The van der Waals surface area contributed by atoms with E-state index in [-0.39, 0.29) is 6.79 Å². The summed E-state index contributed by atoms with van der Waals surface area (Å²) in [5.41, 5.74) is 3.25. The fraction of sp³-hybridized carbons (Fsp3) is 0.188. The van der Waals surface area contributed by atoms with E-state index in [9.17, 15) is 4.79 Å². The molecule has 0 unspecified atom stereocenters. The standard InChI is InChI=1S/C16H16O4S/c1-11-3-4-15(20-10-19-2)14(7-11)13(8-16(17)18)12-5-6-21-9-12/h3-9H,10H2,1-2H3,(H,17,18)/b13-8+. The van der Waals surface area contributed by atoms with Gasteiger partial charge in [0.2, 0.25) is 0 Å². The quantitative estimate of drug-likeness (QED) is 0.655. The van der Waals surface area contributed by atoms with Crippen molar-refractivity contribution >= 4 is 22.9 Å². The molecule has 21 heavy (non-hydrogen) atoms. The molecule has 1 heterocycles. The Labute approximate surface area is 127 Å². The number of carboxylic acid groups (broad SMARTS) is 1. The van der Waals surface area contributed by atoms with E-state index in [1.165, 1.54) is 17.4 Å². The molecule has 0 amide bonds. The van der Waals surface area contributed by atoms with E-state index in [0.29, 0.717) is 11.3 Å². The van der Waals surface area contributed by atoms with E-state index < -0.39 is 5.97 Å². The molecule has 0 fully saturated rings. The van der Waals surface area contributed by atoms with Crippen LogP contribution in [0.2, 0.25) is 0 Å². The van der Waals surface area contributed by atoms with Crippen LogP contribution in [0.4, 0.5) is 0 Å². The third-order valence-corrected chi connectivity index (χ3v) is 3.54. The first kappa shape index (κ1) is 15.3. The lowest BCUT2D eigenvalue weighted by atomic mass is 9.97. The summed E-state index contributed by atoms with van der Waals surface area (Å²) >= 11 is 1.52. The lowest BCUT2D eigenvalue weighted by Crippen LogP contribution is -2.03. The average Bonchev–Trinajstić information content (AvgIpc) is 2.97. The molecule has 1 N–H and O–H groups in total. The van der Waals surface area contributed by atoms with Gasteiger partial charge in [-0.3, -0.25) is 0 Å². The van der Waals surface area contributed by atoms with Crippen LogP contribution in [0.5, 0.6) is 5.75 Å². The van der Waals surface area contributed by atoms with Crippen molar-refractivity contribution in [2.45, 2.75) is 6.92 Å². The van der Waals surface area contributed by atoms with Crippen molar-refractivity contribution in [3.05, 3.63) is 57.8 Å². The van der Waals surface area contributed by atoms with E-state index in [2.05, 4.69) is 0 Å². The maximum Gasteiger partial charge on any atom is 0.328 e. The predicted molar refractivity (Wildman–Crippen MR) is 82.7 cm³/mol. The second-order valence-electron chi connectivity index (χ2n) is 4.46. The third kappa shape index (κ3) is 3.93. The van der Waals surface area contributed by atoms with E-state index in [1.54, 1.807) is 7.11 Å². The summed E-state index contributed by atoms with van der Waals surface area (Å²) in [6, 6.07) is 7.55. The molecule has 110 valence electrons. The molecule has 0 bridgehead atoms. The van der Waals surface area contributed by atoms with Crippen LogP contribution in [0.25, 0.3) is 5.57 Å². The number of benzene rings is 1. The minimum atomic E-state index is -0.990. The number of aryl methyl sites for hydroxylation is 1. The Kier molecular flexibility index (Phi) is 5.14. The highest BCUT2D eigenvalue weighted by atomic mass is 32.1. The van der Waals surface area contributed by atoms with Crippen molar-refractivity contribution in [1.82, 2.24) is 0 Å². The third-order valence-electron chi connectivity index (χ3n) is 2.86. The molecule has 2 rings (SSSR count). The molecule has 5 heteroatoms. The minimum absolute atomic E-state index is 0.111. The van der Waals surface area contributed by atoms with E-state index >= 15 is 0 Å². The summed E-state index contributed by atoms with van der Waals surface area (Å²) in [7, 11) is 1.54. The van der Waals surface area contributed by atoms with E-state index in [4.69, 9.17) is 14.6 Å². The van der Waals surface area contributed by atoms with Gasteiger partial charge in [0.1, 0.15) is 5.75 Å². The van der Waals surface area contributed by atoms with Gasteiger partial charge >= 0.3 is 5.97 Å². The molecule has 1 aromatic heterocycles. The number of carboxylic acids is 1. The maximum atomic E-state index is 11.2. The van der Waals surface area contributed by atoms with Gasteiger partial charge in [-0.25, -0.2) is 4.79 Å². The van der Waals surface area contributed by atoms with Crippen molar-refractivity contribution in [2.75, 3.05) is 13.9 Å². The fourth-order valence-electron chi connectivity index (χ4n) is 1.96. The van der Waals surface area contributed by atoms with Gasteiger partial charge < -0.3 is 14.6 Å². The van der Waals surface area contributed by atoms with Crippen LogP contribution in [-0.2, 0) is 9.53 Å². The highest BCUT2D eigenvalue weighted by molar-refractivity contribution is 7.08. The van der Waals surface area contributed by atoms with Crippen molar-refractivity contribution < 1.29 is 19.4 Å². The van der Waals surface area contributed by atoms with Crippen LogP contribution < -0.4 is 4.74 Å². The topological polar surface area (TPSA) is 55.8 Å². The zero-order valence-electron chi connectivity index (χ0n) is 11.8.